The van der Waals surface area contributed by atoms with E-state index < -0.39 is 5.97 Å². The normalized spacial score (nSPS) is 23.0. The summed E-state index contributed by atoms with van der Waals surface area (Å²) in [5, 5.41) is 0. The second-order valence-corrected chi connectivity index (χ2v) is 4.80. The number of nitrogen functional groups attached to an aromatic ring is 1. The van der Waals surface area contributed by atoms with Crippen LogP contribution in [0.5, 0.6) is 0 Å². The predicted molar refractivity (Wildman–Crippen MR) is 68.2 cm³/mol. The summed E-state index contributed by atoms with van der Waals surface area (Å²) in [6.07, 6.45) is 6.13. The fraction of sp³-hybridized carbons (Fsp3) is 0.615. The molecule has 1 aliphatic carbocycles. The molecule has 2 N–H and O–H groups in total. The third-order valence-corrected chi connectivity index (χ3v) is 3.73. The van der Waals surface area contributed by atoms with Crippen LogP contribution in [-0.2, 0) is 4.74 Å². The molecule has 5 heteroatoms. The van der Waals surface area contributed by atoms with Crippen molar-refractivity contribution in [2.45, 2.75) is 38.5 Å². The fourth-order valence-corrected chi connectivity index (χ4v) is 2.55. The van der Waals surface area contributed by atoms with Gasteiger partial charge >= 0.3 is 5.97 Å². The first-order chi connectivity index (χ1) is 8.65. The van der Waals surface area contributed by atoms with Crippen LogP contribution < -0.4 is 5.73 Å². The van der Waals surface area contributed by atoms with Crippen molar-refractivity contribution in [1.29, 1.82) is 0 Å². The van der Waals surface area contributed by atoms with Gasteiger partial charge in [0, 0.05) is 12.1 Å². The first-order valence-corrected chi connectivity index (χ1v) is 6.36. The Bertz CT molecular complexity index is 448. The molecule has 5 nitrogen and oxygen atoms in total. The number of nitrogens with two attached hydrogens (primary N) is 1. The molecule has 2 rings (SSSR count). The molecule has 18 heavy (non-hydrogen) atoms. The molecule has 2 atom stereocenters. The zero-order valence-electron chi connectivity index (χ0n) is 10.8. The molecule has 2 unspecified atom stereocenters. The molecule has 0 aromatic carbocycles. The van der Waals surface area contributed by atoms with Crippen molar-refractivity contribution < 1.29 is 9.53 Å². The summed E-state index contributed by atoms with van der Waals surface area (Å²) in [6.45, 7) is 2.21. The SMILES string of the molecule is CCC1CCC(c2ncc(C(=O)OC)c(N)n2)C1. The molecule has 1 aromatic heterocycles. The lowest BCUT2D eigenvalue weighted by atomic mass is 10.0. The summed E-state index contributed by atoms with van der Waals surface area (Å²) >= 11 is 0. The van der Waals surface area contributed by atoms with E-state index in [9.17, 15) is 4.79 Å². The van der Waals surface area contributed by atoms with E-state index in [1.54, 1.807) is 0 Å². The summed E-state index contributed by atoms with van der Waals surface area (Å²) in [4.78, 5) is 19.9. The highest BCUT2D eigenvalue weighted by molar-refractivity contribution is 5.93. The van der Waals surface area contributed by atoms with Crippen LogP contribution in [0.3, 0.4) is 0 Å². The van der Waals surface area contributed by atoms with Crippen molar-refractivity contribution in [3.05, 3.63) is 17.6 Å². The first-order valence-electron chi connectivity index (χ1n) is 6.36. The summed E-state index contributed by atoms with van der Waals surface area (Å²) < 4.78 is 4.62. The number of aromatic nitrogens is 2. The molecule has 1 fully saturated rings. The molecule has 98 valence electrons. The van der Waals surface area contributed by atoms with Gasteiger partial charge in [-0.25, -0.2) is 14.8 Å². The van der Waals surface area contributed by atoms with E-state index in [0.29, 0.717) is 5.92 Å². The molecule has 0 radical (unpaired) electrons. The molecular formula is C13H19N3O2. The highest BCUT2D eigenvalue weighted by Gasteiger charge is 2.27. The van der Waals surface area contributed by atoms with Crippen LogP contribution in [0.1, 0.15) is 54.7 Å². The summed E-state index contributed by atoms with van der Waals surface area (Å²) in [5.74, 6) is 1.63. The standard InChI is InChI=1S/C13H19N3O2/c1-3-8-4-5-9(6-8)12-15-7-10(11(14)16-12)13(17)18-2/h7-9H,3-6H2,1-2H3,(H2,14,15,16). The molecular weight excluding hydrogens is 230 g/mol. The number of esters is 1. The number of ether oxygens (including phenoxy) is 1. The summed E-state index contributed by atoms with van der Waals surface area (Å²) in [5.41, 5.74) is 6.02. The van der Waals surface area contributed by atoms with Crippen molar-refractivity contribution in [2.75, 3.05) is 12.8 Å². The summed E-state index contributed by atoms with van der Waals surface area (Å²) in [7, 11) is 1.32. The number of carbonyl (C=O) groups excluding carboxylic acids is 1. The Morgan fingerprint density at radius 1 is 1.56 bits per heavy atom. The van der Waals surface area contributed by atoms with Crippen molar-refractivity contribution in [3.63, 3.8) is 0 Å². The molecule has 0 saturated heterocycles. The number of anilines is 1. The van der Waals surface area contributed by atoms with Gasteiger partial charge < -0.3 is 10.5 Å². The monoisotopic (exact) mass is 249 g/mol. The minimum atomic E-state index is -0.489. The highest BCUT2D eigenvalue weighted by atomic mass is 16.5. The van der Waals surface area contributed by atoms with E-state index in [1.807, 2.05) is 0 Å². The van der Waals surface area contributed by atoms with Crippen molar-refractivity contribution in [1.82, 2.24) is 9.97 Å². The third-order valence-electron chi connectivity index (χ3n) is 3.73. The van der Waals surface area contributed by atoms with Gasteiger partial charge in [-0.15, -0.1) is 0 Å². The van der Waals surface area contributed by atoms with Gasteiger partial charge in [0.15, 0.2) is 0 Å². The Kier molecular flexibility index (Phi) is 3.79. The van der Waals surface area contributed by atoms with Crippen LogP contribution >= 0.6 is 0 Å². The largest absolute Gasteiger partial charge is 0.465 e. The van der Waals surface area contributed by atoms with Crippen LogP contribution in [0.4, 0.5) is 5.82 Å². The van der Waals surface area contributed by atoms with E-state index in [0.717, 1.165) is 24.6 Å². The van der Waals surface area contributed by atoms with E-state index >= 15 is 0 Å². The average molecular weight is 249 g/mol. The van der Waals surface area contributed by atoms with Gasteiger partial charge in [-0.2, -0.15) is 0 Å². The van der Waals surface area contributed by atoms with Gasteiger partial charge in [-0.05, 0) is 25.2 Å². The summed E-state index contributed by atoms with van der Waals surface area (Å²) in [6, 6.07) is 0. The average Bonchev–Trinajstić information content (AvgIpc) is 2.86. The van der Waals surface area contributed by atoms with Crippen LogP contribution in [0.2, 0.25) is 0 Å². The number of carbonyl (C=O) groups is 1. The van der Waals surface area contributed by atoms with Gasteiger partial charge in [0.2, 0.25) is 0 Å². The minimum absolute atomic E-state index is 0.215. The second kappa shape index (κ2) is 5.33. The molecule has 0 spiro atoms. The maximum Gasteiger partial charge on any atom is 0.343 e. The Balaban J connectivity index is 2.17. The zero-order valence-corrected chi connectivity index (χ0v) is 10.8. The number of nitrogens with zero attached hydrogens (tertiary/aromatic N) is 2. The fourth-order valence-electron chi connectivity index (χ4n) is 2.55. The molecule has 1 saturated carbocycles. The van der Waals surface area contributed by atoms with Gasteiger partial charge in [0.25, 0.3) is 0 Å². The van der Waals surface area contributed by atoms with Gasteiger partial charge in [-0.1, -0.05) is 13.3 Å². The maximum atomic E-state index is 11.4. The molecule has 1 aliphatic rings. The second-order valence-electron chi connectivity index (χ2n) is 4.80. The van der Waals surface area contributed by atoms with E-state index in [4.69, 9.17) is 5.73 Å². The number of rotatable bonds is 3. The molecule has 0 aliphatic heterocycles. The van der Waals surface area contributed by atoms with Crippen LogP contribution in [0.15, 0.2) is 6.20 Å². The highest BCUT2D eigenvalue weighted by Crippen LogP contribution is 2.38. The quantitative estimate of drug-likeness (QED) is 0.830. The van der Waals surface area contributed by atoms with Gasteiger partial charge in [0.1, 0.15) is 17.2 Å². The molecule has 1 heterocycles. The number of methoxy groups -OCH3 is 1. The van der Waals surface area contributed by atoms with Gasteiger partial charge in [-0.3, -0.25) is 0 Å². The Labute approximate surface area is 107 Å². The maximum absolute atomic E-state index is 11.4. The van der Waals surface area contributed by atoms with Crippen molar-refractivity contribution >= 4 is 11.8 Å². The van der Waals surface area contributed by atoms with Crippen LogP contribution in [0, 0.1) is 5.92 Å². The van der Waals surface area contributed by atoms with Crippen LogP contribution in [-0.4, -0.2) is 23.0 Å². The van der Waals surface area contributed by atoms with Crippen LogP contribution in [0.25, 0.3) is 0 Å². The van der Waals surface area contributed by atoms with E-state index in [1.165, 1.54) is 26.1 Å². The lowest BCUT2D eigenvalue weighted by Gasteiger charge is -2.10. The third kappa shape index (κ3) is 2.44. The van der Waals surface area contributed by atoms with E-state index in [2.05, 4.69) is 21.6 Å². The number of hydrogen-bond acceptors (Lipinski definition) is 5. The Hall–Kier alpha value is -1.65. The van der Waals surface area contributed by atoms with Gasteiger partial charge in [0.05, 0.1) is 7.11 Å². The van der Waals surface area contributed by atoms with Crippen molar-refractivity contribution in [3.8, 4) is 0 Å². The van der Waals surface area contributed by atoms with Crippen molar-refractivity contribution in [2.24, 2.45) is 5.92 Å². The molecule has 0 bridgehead atoms. The smallest absolute Gasteiger partial charge is 0.343 e. The molecule has 0 amide bonds. The topological polar surface area (TPSA) is 78.1 Å². The first kappa shape index (κ1) is 12.8. The predicted octanol–water partition coefficient (Wildman–Crippen LogP) is 2.14. The Morgan fingerprint density at radius 3 is 2.89 bits per heavy atom. The van der Waals surface area contributed by atoms with E-state index in [-0.39, 0.29) is 11.4 Å². The minimum Gasteiger partial charge on any atom is -0.465 e. The Morgan fingerprint density at radius 2 is 2.33 bits per heavy atom. The number of hydrogen-bond donors (Lipinski definition) is 1. The zero-order chi connectivity index (χ0) is 13.1. The lowest BCUT2D eigenvalue weighted by molar-refractivity contribution is 0.0601. The lowest BCUT2D eigenvalue weighted by Crippen LogP contribution is -2.11. The molecule has 1 aromatic rings.